The Labute approximate surface area is 136 Å². The topological polar surface area (TPSA) is 74.4 Å². The number of nitrogens with zero attached hydrogens (tertiary/aromatic N) is 2. The lowest BCUT2D eigenvalue weighted by Crippen LogP contribution is -2.03. The average molecular weight is 322 g/mol. The number of hydrogen-bond acceptors (Lipinski definition) is 4. The number of rotatable bonds is 4. The lowest BCUT2D eigenvalue weighted by atomic mass is 10.1. The van der Waals surface area contributed by atoms with Gasteiger partial charge >= 0.3 is 0 Å². The molecule has 3 heterocycles. The number of carbonyl (C=O) groups is 1. The number of Topliss-reactive ketones (excluding diaryl/α,β-unsaturated/α-hetero) is 1. The molecule has 23 heavy (non-hydrogen) atoms. The smallest absolute Gasteiger partial charge is 0.178 e. The maximum atomic E-state index is 12.6. The van der Waals surface area contributed by atoms with E-state index >= 15 is 0 Å². The zero-order valence-corrected chi connectivity index (χ0v) is 13.3. The van der Waals surface area contributed by atoms with Gasteiger partial charge in [-0.3, -0.25) is 4.79 Å². The van der Waals surface area contributed by atoms with Crippen LogP contribution < -0.4 is 0 Å². The highest BCUT2D eigenvalue weighted by molar-refractivity contribution is 7.99. The van der Waals surface area contributed by atoms with E-state index in [0.29, 0.717) is 16.6 Å². The average Bonchev–Trinajstić information content (AvgIpc) is 3.12. The van der Waals surface area contributed by atoms with Crippen molar-refractivity contribution in [1.82, 2.24) is 19.9 Å². The molecular formula is C17H14N4OS. The predicted octanol–water partition coefficient (Wildman–Crippen LogP) is 3.72. The number of imidazole rings is 1. The van der Waals surface area contributed by atoms with E-state index in [2.05, 4.69) is 19.9 Å². The Balaban J connectivity index is 1.58. The van der Waals surface area contributed by atoms with Gasteiger partial charge in [0, 0.05) is 28.4 Å². The Morgan fingerprint density at radius 1 is 1.13 bits per heavy atom. The van der Waals surface area contributed by atoms with Crippen LogP contribution in [0.2, 0.25) is 0 Å². The molecule has 0 aliphatic rings. The van der Waals surface area contributed by atoms with Crippen LogP contribution in [0.4, 0.5) is 0 Å². The van der Waals surface area contributed by atoms with Gasteiger partial charge in [0.05, 0.1) is 11.3 Å². The van der Waals surface area contributed by atoms with E-state index in [1.165, 1.54) is 11.8 Å². The van der Waals surface area contributed by atoms with Gasteiger partial charge in [-0.15, -0.1) is 0 Å². The van der Waals surface area contributed by atoms with Gasteiger partial charge in [0.15, 0.2) is 16.6 Å². The minimum absolute atomic E-state index is 0.0957. The number of benzene rings is 1. The van der Waals surface area contributed by atoms with Crippen LogP contribution in [0.15, 0.2) is 47.8 Å². The van der Waals surface area contributed by atoms with Gasteiger partial charge < -0.3 is 9.97 Å². The third-order valence-electron chi connectivity index (χ3n) is 3.75. The second-order valence-corrected chi connectivity index (χ2v) is 6.26. The van der Waals surface area contributed by atoms with Crippen LogP contribution in [0, 0.1) is 6.92 Å². The van der Waals surface area contributed by atoms with E-state index in [4.69, 9.17) is 0 Å². The van der Waals surface area contributed by atoms with Crippen molar-refractivity contribution in [3.63, 3.8) is 0 Å². The van der Waals surface area contributed by atoms with Crippen LogP contribution in [0.25, 0.3) is 22.1 Å². The van der Waals surface area contributed by atoms with Crippen LogP contribution in [0.3, 0.4) is 0 Å². The van der Waals surface area contributed by atoms with Crippen molar-refractivity contribution in [2.45, 2.75) is 12.1 Å². The van der Waals surface area contributed by atoms with Crippen molar-refractivity contribution in [1.29, 1.82) is 0 Å². The fourth-order valence-corrected chi connectivity index (χ4v) is 3.48. The maximum Gasteiger partial charge on any atom is 0.178 e. The van der Waals surface area contributed by atoms with E-state index < -0.39 is 0 Å². The van der Waals surface area contributed by atoms with Gasteiger partial charge in [0.25, 0.3) is 0 Å². The van der Waals surface area contributed by atoms with Crippen molar-refractivity contribution in [2.75, 3.05) is 5.75 Å². The zero-order valence-electron chi connectivity index (χ0n) is 12.5. The van der Waals surface area contributed by atoms with E-state index in [1.54, 1.807) is 6.20 Å². The molecule has 2 N–H and O–H groups in total. The van der Waals surface area contributed by atoms with Gasteiger partial charge in [0.2, 0.25) is 0 Å². The summed E-state index contributed by atoms with van der Waals surface area (Å²) in [6.07, 6.45) is 1.71. The van der Waals surface area contributed by atoms with E-state index in [1.807, 2.05) is 43.3 Å². The second kappa shape index (κ2) is 5.55. The Morgan fingerprint density at radius 2 is 1.96 bits per heavy atom. The van der Waals surface area contributed by atoms with Crippen LogP contribution in [0.5, 0.6) is 0 Å². The molecule has 3 aromatic heterocycles. The molecule has 0 bridgehead atoms. The molecule has 0 aliphatic carbocycles. The quantitative estimate of drug-likeness (QED) is 0.443. The summed E-state index contributed by atoms with van der Waals surface area (Å²) in [5, 5.41) is 1.69. The summed E-state index contributed by atoms with van der Waals surface area (Å²) in [6, 6.07) is 11.6. The maximum absolute atomic E-state index is 12.6. The van der Waals surface area contributed by atoms with Crippen LogP contribution in [-0.4, -0.2) is 31.5 Å². The summed E-state index contributed by atoms with van der Waals surface area (Å²) < 4.78 is 0. The standard InChI is InChI=1S/C17H14N4OS/c1-10-15(11-5-2-3-6-12(11)19-10)14(22)9-23-17-20-13-7-4-8-18-16(13)21-17/h2-8,19H,9H2,1H3,(H,18,20,21). The van der Waals surface area contributed by atoms with Crippen molar-refractivity contribution in [3.8, 4) is 0 Å². The fourth-order valence-electron chi connectivity index (χ4n) is 2.73. The van der Waals surface area contributed by atoms with Crippen LogP contribution >= 0.6 is 11.8 Å². The fraction of sp³-hybridized carbons (Fsp3) is 0.118. The number of aromatic amines is 2. The molecule has 0 aliphatic heterocycles. The first-order valence-electron chi connectivity index (χ1n) is 7.26. The number of aryl methyl sites for hydroxylation is 1. The highest BCUT2D eigenvalue weighted by Gasteiger charge is 2.16. The lowest BCUT2D eigenvalue weighted by Gasteiger charge is -2.00. The molecule has 4 aromatic rings. The highest BCUT2D eigenvalue weighted by Crippen LogP contribution is 2.25. The molecule has 0 radical (unpaired) electrons. The van der Waals surface area contributed by atoms with Gasteiger partial charge in [-0.2, -0.15) is 0 Å². The molecule has 114 valence electrons. The number of pyridine rings is 1. The molecule has 0 saturated heterocycles. The SMILES string of the molecule is Cc1[nH]c2ccccc2c1C(=O)CSc1nc2ncccc2[nH]1. The Kier molecular flexibility index (Phi) is 3.38. The number of fused-ring (bicyclic) bond motifs is 2. The number of para-hydroxylation sites is 1. The number of ketones is 1. The summed E-state index contributed by atoms with van der Waals surface area (Å²) in [7, 11) is 0. The van der Waals surface area contributed by atoms with E-state index in [-0.39, 0.29) is 5.78 Å². The molecule has 6 heteroatoms. The van der Waals surface area contributed by atoms with Crippen molar-refractivity contribution in [2.24, 2.45) is 0 Å². The normalized spacial score (nSPS) is 11.3. The number of carbonyl (C=O) groups excluding carboxylic acids is 1. The molecule has 0 fully saturated rings. The summed E-state index contributed by atoms with van der Waals surface area (Å²) >= 11 is 1.40. The highest BCUT2D eigenvalue weighted by atomic mass is 32.2. The first-order chi connectivity index (χ1) is 11.2. The van der Waals surface area contributed by atoms with Gasteiger partial charge in [-0.25, -0.2) is 9.97 Å². The largest absolute Gasteiger partial charge is 0.358 e. The van der Waals surface area contributed by atoms with Crippen LogP contribution in [0.1, 0.15) is 16.1 Å². The summed E-state index contributed by atoms with van der Waals surface area (Å²) in [5.41, 5.74) is 4.22. The summed E-state index contributed by atoms with van der Waals surface area (Å²) in [6.45, 7) is 1.93. The molecule has 0 unspecified atom stereocenters. The van der Waals surface area contributed by atoms with Crippen molar-refractivity contribution in [3.05, 3.63) is 53.9 Å². The van der Waals surface area contributed by atoms with Crippen LogP contribution in [-0.2, 0) is 0 Å². The van der Waals surface area contributed by atoms with Crippen molar-refractivity contribution >= 4 is 39.6 Å². The third-order valence-corrected chi connectivity index (χ3v) is 4.62. The third kappa shape index (κ3) is 2.51. The minimum Gasteiger partial charge on any atom is -0.358 e. The van der Waals surface area contributed by atoms with Gasteiger partial charge in [0.1, 0.15) is 0 Å². The predicted molar refractivity (Wildman–Crippen MR) is 92.0 cm³/mol. The number of hydrogen-bond donors (Lipinski definition) is 2. The zero-order chi connectivity index (χ0) is 15.8. The Hall–Kier alpha value is -2.60. The first kappa shape index (κ1) is 14.0. The molecule has 0 amide bonds. The molecule has 4 rings (SSSR count). The Bertz CT molecular complexity index is 985. The molecule has 1 aromatic carbocycles. The summed E-state index contributed by atoms with van der Waals surface area (Å²) in [5.74, 6) is 0.432. The number of thioether (sulfide) groups is 1. The lowest BCUT2D eigenvalue weighted by molar-refractivity contribution is 0.102. The molecule has 5 nitrogen and oxygen atoms in total. The van der Waals surface area contributed by atoms with Gasteiger partial charge in [-0.1, -0.05) is 30.0 Å². The monoisotopic (exact) mass is 322 g/mol. The Morgan fingerprint density at radius 3 is 2.83 bits per heavy atom. The number of aromatic nitrogens is 4. The summed E-state index contributed by atoms with van der Waals surface area (Å²) in [4.78, 5) is 27.6. The van der Waals surface area contributed by atoms with E-state index in [9.17, 15) is 4.79 Å². The first-order valence-corrected chi connectivity index (χ1v) is 8.25. The van der Waals surface area contributed by atoms with E-state index in [0.717, 1.165) is 27.7 Å². The van der Waals surface area contributed by atoms with Crippen molar-refractivity contribution < 1.29 is 4.79 Å². The minimum atomic E-state index is 0.0957. The molecule has 0 atom stereocenters. The molecule has 0 saturated carbocycles. The number of H-pyrrole nitrogens is 2. The molecule has 0 spiro atoms. The molecular weight excluding hydrogens is 308 g/mol. The van der Waals surface area contributed by atoms with Gasteiger partial charge in [-0.05, 0) is 25.1 Å². The number of nitrogens with one attached hydrogen (secondary N) is 2. The second-order valence-electron chi connectivity index (χ2n) is 5.30.